The minimum absolute atomic E-state index is 0.111. The molecule has 6 nitrogen and oxygen atoms in total. The fourth-order valence-corrected chi connectivity index (χ4v) is 4.11. The number of sulfonamides is 1. The highest BCUT2D eigenvalue weighted by Crippen LogP contribution is 2.17. The Balaban J connectivity index is 1.98. The third kappa shape index (κ3) is 6.81. The summed E-state index contributed by atoms with van der Waals surface area (Å²) in [4.78, 5) is 4.82. The van der Waals surface area contributed by atoms with Gasteiger partial charge in [-0.15, -0.1) is 0 Å². The van der Waals surface area contributed by atoms with Gasteiger partial charge in [0.25, 0.3) is 0 Å². The minimum atomic E-state index is -3.49. The van der Waals surface area contributed by atoms with Crippen LogP contribution in [-0.2, 0) is 23.0 Å². The third-order valence-electron chi connectivity index (χ3n) is 4.69. The molecule has 164 valence electrons. The fraction of sp³-hybridized carbons (Fsp3) is 0.409. The lowest BCUT2D eigenvalue weighted by Crippen LogP contribution is -2.38. The number of hydrogen-bond donors (Lipinski definition) is 2. The molecule has 2 N–H and O–H groups in total. The molecule has 0 aliphatic heterocycles. The average molecular weight is 435 g/mol. The van der Waals surface area contributed by atoms with Gasteiger partial charge in [-0.25, -0.2) is 17.8 Å². The maximum atomic E-state index is 13.3. The van der Waals surface area contributed by atoms with Gasteiger partial charge in [-0.2, -0.15) is 4.31 Å². The Morgan fingerprint density at radius 1 is 1.10 bits per heavy atom. The van der Waals surface area contributed by atoms with Crippen molar-refractivity contribution in [3.63, 3.8) is 0 Å². The van der Waals surface area contributed by atoms with Gasteiger partial charge in [0, 0.05) is 26.2 Å². The maximum Gasteiger partial charge on any atom is 0.243 e. The molecule has 0 aliphatic carbocycles. The predicted molar refractivity (Wildman–Crippen MR) is 119 cm³/mol. The van der Waals surface area contributed by atoms with Crippen molar-refractivity contribution in [3.05, 3.63) is 65.5 Å². The van der Waals surface area contributed by atoms with Crippen LogP contribution in [-0.4, -0.2) is 44.9 Å². The second-order valence-corrected chi connectivity index (χ2v) is 9.26. The number of hydrogen-bond acceptors (Lipinski definition) is 3. The van der Waals surface area contributed by atoms with E-state index in [-0.39, 0.29) is 16.8 Å². The van der Waals surface area contributed by atoms with Crippen LogP contribution < -0.4 is 10.6 Å². The van der Waals surface area contributed by atoms with Gasteiger partial charge in [0.2, 0.25) is 10.0 Å². The van der Waals surface area contributed by atoms with Crippen molar-refractivity contribution in [2.75, 3.05) is 20.1 Å². The second-order valence-electron chi connectivity index (χ2n) is 7.26. The lowest BCUT2D eigenvalue weighted by Gasteiger charge is -2.21. The standard InChI is InChI=1S/C22H31FN4O2S/c1-5-24-22(25-14-13-18-7-6-8-20(23)15-18)26-16-19-9-11-21(12-10-19)30(28,29)27(4)17(2)3/h6-12,15,17H,5,13-14,16H2,1-4H3,(H2,24,25,26). The summed E-state index contributed by atoms with van der Waals surface area (Å²) in [5, 5.41) is 6.41. The highest BCUT2D eigenvalue weighted by molar-refractivity contribution is 7.89. The van der Waals surface area contributed by atoms with Gasteiger partial charge in [0.05, 0.1) is 11.4 Å². The van der Waals surface area contributed by atoms with E-state index in [9.17, 15) is 12.8 Å². The van der Waals surface area contributed by atoms with Crippen LogP contribution in [0, 0.1) is 5.82 Å². The van der Waals surface area contributed by atoms with E-state index < -0.39 is 10.0 Å². The lowest BCUT2D eigenvalue weighted by atomic mass is 10.1. The molecule has 0 saturated heterocycles. The quantitative estimate of drug-likeness (QED) is 0.470. The van der Waals surface area contributed by atoms with Crippen molar-refractivity contribution in [1.29, 1.82) is 0 Å². The molecule has 0 spiro atoms. The molecule has 0 radical (unpaired) electrons. The number of halogens is 1. The first-order valence-electron chi connectivity index (χ1n) is 10.1. The van der Waals surface area contributed by atoms with Crippen LogP contribution in [0.25, 0.3) is 0 Å². The SMILES string of the molecule is CCNC(=NCc1ccc(S(=O)(=O)N(C)C(C)C)cc1)NCCc1cccc(F)c1. The van der Waals surface area contributed by atoms with Crippen molar-refractivity contribution in [2.24, 2.45) is 4.99 Å². The van der Waals surface area contributed by atoms with E-state index in [0.717, 1.165) is 11.1 Å². The molecule has 0 heterocycles. The van der Waals surface area contributed by atoms with Gasteiger partial charge in [0.1, 0.15) is 5.82 Å². The number of benzene rings is 2. The molecular weight excluding hydrogens is 403 g/mol. The smallest absolute Gasteiger partial charge is 0.243 e. The zero-order chi connectivity index (χ0) is 22.1. The molecule has 0 saturated carbocycles. The zero-order valence-corrected chi connectivity index (χ0v) is 18.8. The van der Waals surface area contributed by atoms with Crippen molar-refractivity contribution < 1.29 is 12.8 Å². The molecule has 30 heavy (non-hydrogen) atoms. The van der Waals surface area contributed by atoms with Crippen LogP contribution in [0.2, 0.25) is 0 Å². The largest absolute Gasteiger partial charge is 0.357 e. The molecule has 2 aromatic rings. The van der Waals surface area contributed by atoms with Crippen LogP contribution in [0.1, 0.15) is 31.9 Å². The van der Waals surface area contributed by atoms with Crippen molar-refractivity contribution in [1.82, 2.24) is 14.9 Å². The van der Waals surface area contributed by atoms with Gasteiger partial charge in [0.15, 0.2) is 5.96 Å². The Bertz CT molecular complexity index is 944. The van der Waals surface area contributed by atoms with E-state index in [1.165, 1.54) is 16.4 Å². The highest BCUT2D eigenvalue weighted by Gasteiger charge is 2.22. The summed E-state index contributed by atoms with van der Waals surface area (Å²) < 4.78 is 39.7. The lowest BCUT2D eigenvalue weighted by molar-refractivity contribution is 0.410. The Morgan fingerprint density at radius 3 is 2.40 bits per heavy atom. The van der Waals surface area contributed by atoms with Crippen LogP contribution in [0.5, 0.6) is 0 Å². The first-order chi connectivity index (χ1) is 14.2. The number of aliphatic imine (C=N–C) groups is 1. The summed E-state index contributed by atoms with van der Waals surface area (Å²) in [5.41, 5.74) is 1.82. The molecule has 0 aliphatic rings. The summed E-state index contributed by atoms with van der Waals surface area (Å²) in [5.74, 6) is 0.420. The Hall–Kier alpha value is -2.45. The summed E-state index contributed by atoms with van der Waals surface area (Å²) in [6, 6.07) is 13.2. The Morgan fingerprint density at radius 2 is 1.80 bits per heavy atom. The molecule has 2 aromatic carbocycles. The van der Waals surface area contributed by atoms with Gasteiger partial charge >= 0.3 is 0 Å². The van der Waals surface area contributed by atoms with E-state index in [1.54, 1.807) is 37.4 Å². The van der Waals surface area contributed by atoms with E-state index in [2.05, 4.69) is 15.6 Å². The van der Waals surface area contributed by atoms with E-state index in [1.807, 2.05) is 26.8 Å². The molecule has 0 unspecified atom stereocenters. The number of nitrogens with zero attached hydrogens (tertiary/aromatic N) is 2. The van der Waals surface area contributed by atoms with E-state index in [0.29, 0.717) is 32.0 Å². The molecule has 2 rings (SSSR count). The first-order valence-corrected chi connectivity index (χ1v) is 11.5. The molecular formula is C22H31FN4O2S. The van der Waals surface area contributed by atoms with Gasteiger partial charge in [-0.1, -0.05) is 24.3 Å². The van der Waals surface area contributed by atoms with Crippen LogP contribution in [0.15, 0.2) is 58.4 Å². The van der Waals surface area contributed by atoms with Gasteiger partial charge < -0.3 is 10.6 Å². The van der Waals surface area contributed by atoms with Crippen molar-refractivity contribution in [2.45, 2.75) is 44.7 Å². The van der Waals surface area contributed by atoms with Gasteiger partial charge in [-0.3, -0.25) is 0 Å². The summed E-state index contributed by atoms with van der Waals surface area (Å²) >= 11 is 0. The minimum Gasteiger partial charge on any atom is -0.357 e. The van der Waals surface area contributed by atoms with Crippen LogP contribution >= 0.6 is 0 Å². The second kappa shape index (κ2) is 11.1. The monoisotopic (exact) mass is 434 g/mol. The Kier molecular flexibility index (Phi) is 8.80. The van der Waals surface area contributed by atoms with Crippen LogP contribution in [0.4, 0.5) is 4.39 Å². The molecule has 0 aromatic heterocycles. The first kappa shape index (κ1) is 23.8. The average Bonchev–Trinajstić information content (AvgIpc) is 2.71. The van der Waals surface area contributed by atoms with Gasteiger partial charge in [-0.05, 0) is 62.6 Å². The summed E-state index contributed by atoms with van der Waals surface area (Å²) in [7, 11) is -1.91. The topological polar surface area (TPSA) is 73.8 Å². The highest BCUT2D eigenvalue weighted by atomic mass is 32.2. The summed E-state index contributed by atoms with van der Waals surface area (Å²) in [6.45, 7) is 7.40. The van der Waals surface area contributed by atoms with Crippen LogP contribution in [0.3, 0.4) is 0 Å². The number of guanidine groups is 1. The number of nitrogens with one attached hydrogen (secondary N) is 2. The molecule has 8 heteroatoms. The predicted octanol–water partition coefficient (Wildman–Crippen LogP) is 3.15. The number of rotatable bonds is 9. The van der Waals surface area contributed by atoms with E-state index >= 15 is 0 Å². The molecule has 0 bridgehead atoms. The molecule has 0 fully saturated rings. The van der Waals surface area contributed by atoms with Crippen molar-refractivity contribution in [3.8, 4) is 0 Å². The fourth-order valence-electron chi connectivity index (χ4n) is 2.74. The molecule has 0 amide bonds. The molecule has 0 atom stereocenters. The summed E-state index contributed by atoms with van der Waals surface area (Å²) in [6.07, 6.45) is 0.679. The van der Waals surface area contributed by atoms with E-state index in [4.69, 9.17) is 0 Å². The Labute approximate surface area is 179 Å². The maximum absolute atomic E-state index is 13.3. The zero-order valence-electron chi connectivity index (χ0n) is 18.0. The normalized spacial score (nSPS) is 12.4. The third-order valence-corrected chi connectivity index (χ3v) is 6.73. The van der Waals surface area contributed by atoms with Crippen molar-refractivity contribution >= 4 is 16.0 Å².